The Morgan fingerprint density at radius 3 is 2.86 bits per heavy atom. The highest BCUT2D eigenvalue weighted by Crippen LogP contribution is 2.31. The number of hydrogen-bond donors (Lipinski definition) is 1. The minimum absolute atomic E-state index is 0.0136. The molecular formula is C14H14N4O2S. The smallest absolute Gasteiger partial charge is 0.269 e. The molecule has 3 rings (SSSR count). The van der Waals surface area contributed by atoms with Crippen molar-refractivity contribution in [2.45, 2.75) is 20.3 Å². The first-order chi connectivity index (χ1) is 10.1. The van der Waals surface area contributed by atoms with Crippen molar-refractivity contribution in [3.8, 4) is 0 Å². The molecular weight excluding hydrogens is 288 g/mol. The zero-order valence-corrected chi connectivity index (χ0v) is 12.5. The Morgan fingerprint density at radius 1 is 1.38 bits per heavy atom. The summed E-state index contributed by atoms with van der Waals surface area (Å²) in [5.74, 6) is -0.213. The summed E-state index contributed by atoms with van der Waals surface area (Å²) in [4.78, 5) is 26.0. The summed E-state index contributed by atoms with van der Waals surface area (Å²) in [6.45, 7) is 3.99. The Bertz CT molecular complexity index is 726. The maximum Gasteiger partial charge on any atom is 0.269 e. The van der Waals surface area contributed by atoms with Gasteiger partial charge in [-0.05, 0) is 42.6 Å². The van der Waals surface area contributed by atoms with Crippen molar-refractivity contribution in [2.75, 3.05) is 16.8 Å². The summed E-state index contributed by atoms with van der Waals surface area (Å²) in [6, 6.07) is 5.64. The Morgan fingerprint density at radius 2 is 2.19 bits per heavy atom. The molecule has 21 heavy (non-hydrogen) atoms. The van der Waals surface area contributed by atoms with Crippen molar-refractivity contribution in [3.05, 3.63) is 34.3 Å². The van der Waals surface area contributed by atoms with Gasteiger partial charge < -0.3 is 10.2 Å². The lowest BCUT2D eigenvalue weighted by Crippen LogP contribution is -2.25. The third-order valence-electron chi connectivity index (χ3n) is 3.48. The molecule has 1 aliphatic rings. The second-order valence-electron chi connectivity index (χ2n) is 4.91. The molecule has 1 N–H and O–H groups in total. The number of nitrogens with one attached hydrogen (secondary N) is 1. The number of rotatable bonds is 2. The van der Waals surface area contributed by atoms with Crippen LogP contribution < -0.4 is 10.2 Å². The van der Waals surface area contributed by atoms with Crippen molar-refractivity contribution < 1.29 is 9.59 Å². The van der Waals surface area contributed by atoms with Gasteiger partial charge in [0.15, 0.2) is 0 Å². The summed E-state index contributed by atoms with van der Waals surface area (Å²) in [7, 11) is 0. The maximum absolute atomic E-state index is 12.2. The van der Waals surface area contributed by atoms with E-state index in [2.05, 4.69) is 14.9 Å². The Balaban J connectivity index is 1.85. The van der Waals surface area contributed by atoms with Crippen LogP contribution in [-0.2, 0) is 11.2 Å². The zero-order chi connectivity index (χ0) is 15.0. The van der Waals surface area contributed by atoms with Crippen molar-refractivity contribution in [1.29, 1.82) is 0 Å². The second-order valence-corrected chi connectivity index (χ2v) is 5.66. The lowest BCUT2D eigenvalue weighted by molar-refractivity contribution is -0.116. The molecule has 1 aromatic carbocycles. The monoisotopic (exact) mass is 302 g/mol. The molecule has 1 aromatic heterocycles. The van der Waals surface area contributed by atoms with E-state index < -0.39 is 0 Å². The van der Waals surface area contributed by atoms with Gasteiger partial charge in [-0.3, -0.25) is 9.59 Å². The molecule has 1 aliphatic heterocycles. The molecule has 108 valence electrons. The molecule has 2 heterocycles. The quantitative estimate of drug-likeness (QED) is 0.920. The van der Waals surface area contributed by atoms with E-state index in [0.29, 0.717) is 22.8 Å². The number of anilines is 2. The number of benzene rings is 1. The topological polar surface area (TPSA) is 75.2 Å². The van der Waals surface area contributed by atoms with E-state index in [4.69, 9.17) is 0 Å². The highest BCUT2D eigenvalue weighted by molar-refractivity contribution is 7.08. The van der Waals surface area contributed by atoms with Crippen LogP contribution >= 0.6 is 11.5 Å². The van der Waals surface area contributed by atoms with E-state index in [1.807, 2.05) is 18.2 Å². The van der Waals surface area contributed by atoms with E-state index in [1.54, 1.807) is 18.7 Å². The standard InChI is InChI=1S/C14H14N4O2S/c1-8-13(21-17-16-8)14(20)15-11-4-3-10-5-6-18(9(2)19)12(10)7-11/h3-4,7H,5-6H2,1-2H3,(H,15,20). The molecule has 7 heteroatoms. The fraction of sp³-hybridized carbons (Fsp3) is 0.286. The molecule has 0 spiro atoms. The number of aromatic nitrogens is 2. The van der Waals surface area contributed by atoms with Gasteiger partial charge in [-0.1, -0.05) is 10.6 Å². The first-order valence-electron chi connectivity index (χ1n) is 6.57. The Labute approximate surface area is 125 Å². The third kappa shape index (κ3) is 2.52. The van der Waals surface area contributed by atoms with Crippen LogP contribution in [0.3, 0.4) is 0 Å². The minimum atomic E-state index is -0.227. The largest absolute Gasteiger partial charge is 0.321 e. The van der Waals surface area contributed by atoms with Gasteiger partial charge in [0, 0.05) is 24.8 Å². The van der Waals surface area contributed by atoms with E-state index >= 15 is 0 Å². The summed E-state index contributed by atoms with van der Waals surface area (Å²) in [5.41, 5.74) is 3.28. The van der Waals surface area contributed by atoms with Gasteiger partial charge in [-0.15, -0.1) is 5.10 Å². The van der Waals surface area contributed by atoms with Gasteiger partial charge in [0.25, 0.3) is 5.91 Å². The Kier molecular flexibility index (Phi) is 3.42. The lowest BCUT2D eigenvalue weighted by atomic mass is 10.1. The summed E-state index contributed by atoms with van der Waals surface area (Å²) < 4.78 is 3.76. The SMILES string of the molecule is CC(=O)N1CCc2ccc(NC(=O)c3snnc3C)cc21. The number of carbonyl (C=O) groups excluding carboxylic acids is 2. The maximum atomic E-state index is 12.2. The molecule has 0 fully saturated rings. The molecule has 2 amide bonds. The molecule has 6 nitrogen and oxygen atoms in total. The van der Waals surface area contributed by atoms with Crippen molar-refractivity contribution in [3.63, 3.8) is 0 Å². The van der Waals surface area contributed by atoms with Crippen LogP contribution in [0.1, 0.15) is 27.9 Å². The second kappa shape index (κ2) is 5.25. The van der Waals surface area contributed by atoms with Gasteiger partial charge in [-0.25, -0.2) is 0 Å². The number of amides is 2. The van der Waals surface area contributed by atoms with Crippen LogP contribution in [0.4, 0.5) is 11.4 Å². The van der Waals surface area contributed by atoms with E-state index in [1.165, 1.54) is 0 Å². The van der Waals surface area contributed by atoms with Crippen LogP contribution in [-0.4, -0.2) is 27.9 Å². The van der Waals surface area contributed by atoms with Gasteiger partial charge in [0.2, 0.25) is 5.91 Å². The number of carbonyl (C=O) groups is 2. The third-order valence-corrected chi connectivity index (χ3v) is 4.30. The summed E-state index contributed by atoms with van der Waals surface area (Å²) in [6.07, 6.45) is 0.848. The van der Waals surface area contributed by atoms with Gasteiger partial charge >= 0.3 is 0 Å². The van der Waals surface area contributed by atoms with E-state index in [-0.39, 0.29) is 11.8 Å². The molecule has 2 aromatic rings. The van der Waals surface area contributed by atoms with E-state index in [0.717, 1.165) is 29.2 Å². The van der Waals surface area contributed by atoms with Crippen molar-refractivity contribution in [2.24, 2.45) is 0 Å². The molecule has 0 bridgehead atoms. The van der Waals surface area contributed by atoms with Crippen LogP contribution in [0.2, 0.25) is 0 Å². The fourth-order valence-electron chi connectivity index (χ4n) is 2.41. The summed E-state index contributed by atoms with van der Waals surface area (Å²) in [5, 5.41) is 6.66. The van der Waals surface area contributed by atoms with Crippen molar-refractivity contribution >= 4 is 34.7 Å². The predicted molar refractivity (Wildman–Crippen MR) is 80.8 cm³/mol. The van der Waals surface area contributed by atoms with E-state index in [9.17, 15) is 9.59 Å². The molecule has 0 aliphatic carbocycles. The molecule has 0 saturated heterocycles. The minimum Gasteiger partial charge on any atom is -0.321 e. The van der Waals surface area contributed by atoms with Crippen LogP contribution in [0.25, 0.3) is 0 Å². The van der Waals surface area contributed by atoms with Crippen molar-refractivity contribution in [1.82, 2.24) is 9.59 Å². The highest BCUT2D eigenvalue weighted by Gasteiger charge is 2.23. The predicted octanol–water partition coefficient (Wildman–Crippen LogP) is 2.01. The highest BCUT2D eigenvalue weighted by atomic mass is 32.1. The Hall–Kier alpha value is -2.28. The molecule has 0 radical (unpaired) electrons. The molecule has 0 atom stereocenters. The zero-order valence-electron chi connectivity index (χ0n) is 11.7. The first-order valence-corrected chi connectivity index (χ1v) is 7.35. The van der Waals surface area contributed by atoms with Crippen LogP contribution in [0.5, 0.6) is 0 Å². The average Bonchev–Trinajstić information content (AvgIpc) is 3.04. The lowest BCUT2D eigenvalue weighted by Gasteiger charge is -2.15. The van der Waals surface area contributed by atoms with Gasteiger partial charge in [0.1, 0.15) is 4.88 Å². The fourth-order valence-corrected chi connectivity index (χ4v) is 2.96. The van der Waals surface area contributed by atoms with Gasteiger partial charge in [-0.2, -0.15) is 0 Å². The normalized spacial score (nSPS) is 13.1. The molecule has 0 unspecified atom stereocenters. The van der Waals surface area contributed by atoms with Crippen LogP contribution in [0.15, 0.2) is 18.2 Å². The first kappa shape index (κ1) is 13.7. The number of hydrogen-bond acceptors (Lipinski definition) is 5. The number of nitrogens with zero attached hydrogens (tertiary/aromatic N) is 3. The number of fused-ring (bicyclic) bond motifs is 1. The average molecular weight is 302 g/mol. The molecule has 0 saturated carbocycles. The summed E-state index contributed by atoms with van der Waals surface area (Å²) >= 11 is 1.07. The van der Waals surface area contributed by atoms with Crippen LogP contribution in [0, 0.1) is 6.92 Å². The number of aryl methyl sites for hydroxylation is 1. The van der Waals surface area contributed by atoms with Gasteiger partial charge in [0.05, 0.1) is 5.69 Å².